The van der Waals surface area contributed by atoms with Gasteiger partial charge in [-0.15, -0.1) is 11.3 Å². The molecule has 1 N–H and O–H groups in total. The molecular weight excluding hydrogens is 452 g/mol. The van der Waals surface area contributed by atoms with Crippen molar-refractivity contribution in [1.29, 1.82) is 0 Å². The van der Waals surface area contributed by atoms with Gasteiger partial charge >= 0.3 is 6.09 Å². The van der Waals surface area contributed by atoms with Crippen LogP contribution in [0.5, 0.6) is 0 Å². The van der Waals surface area contributed by atoms with Crippen LogP contribution in [-0.4, -0.2) is 63.6 Å². The zero-order valence-electron chi connectivity index (χ0n) is 19.7. The molecule has 0 aromatic carbocycles. The lowest BCUT2D eigenvalue weighted by Gasteiger charge is -2.36. The molecule has 2 amide bonds. The molecule has 0 spiro atoms. The van der Waals surface area contributed by atoms with E-state index in [0.717, 1.165) is 16.4 Å². The van der Waals surface area contributed by atoms with Gasteiger partial charge in [0.1, 0.15) is 21.3 Å². The van der Waals surface area contributed by atoms with Crippen molar-refractivity contribution < 1.29 is 14.3 Å². The second-order valence-electron chi connectivity index (χ2n) is 8.99. The number of piperazine rings is 1. The monoisotopic (exact) mass is 480 g/mol. The number of thiazole rings is 1. The molecule has 3 aromatic rings. The molecule has 9 nitrogen and oxygen atoms in total. The summed E-state index contributed by atoms with van der Waals surface area (Å²) < 4.78 is 5.45. The van der Waals surface area contributed by atoms with Gasteiger partial charge in [0.15, 0.2) is 0 Å². The smallest absolute Gasteiger partial charge is 0.410 e. The van der Waals surface area contributed by atoms with E-state index < -0.39 is 5.60 Å². The van der Waals surface area contributed by atoms with Gasteiger partial charge in [-0.2, -0.15) is 0 Å². The summed E-state index contributed by atoms with van der Waals surface area (Å²) in [5, 5.41) is 3.66. The van der Waals surface area contributed by atoms with Gasteiger partial charge in [-0.3, -0.25) is 9.78 Å². The number of carbonyl (C=O) groups excluding carboxylic acids is 2. The van der Waals surface area contributed by atoms with Crippen LogP contribution in [-0.2, 0) is 4.74 Å². The van der Waals surface area contributed by atoms with Crippen LogP contribution in [0.2, 0.25) is 0 Å². The number of ether oxygens (including phenoxy) is 1. The Morgan fingerprint density at radius 2 is 1.85 bits per heavy atom. The van der Waals surface area contributed by atoms with Crippen molar-refractivity contribution in [2.75, 3.05) is 36.4 Å². The zero-order valence-corrected chi connectivity index (χ0v) is 20.6. The van der Waals surface area contributed by atoms with Crippen molar-refractivity contribution in [2.45, 2.75) is 33.3 Å². The van der Waals surface area contributed by atoms with Crippen LogP contribution in [0.15, 0.2) is 42.9 Å². The number of aryl methyl sites for hydroxylation is 1. The van der Waals surface area contributed by atoms with Gasteiger partial charge in [0, 0.05) is 44.1 Å². The average molecular weight is 481 g/mol. The highest BCUT2D eigenvalue weighted by molar-refractivity contribution is 7.17. The van der Waals surface area contributed by atoms with Crippen LogP contribution in [0.4, 0.5) is 16.3 Å². The summed E-state index contributed by atoms with van der Waals surface area (Å²) in [6, 6.07) is 7.47. The molecule has 1 saturated heterocycles. The number of nitrogens with zero attached hydrogens (tertiary/aromatic N) is 5. The summed E-state index contributed by atoms with van der Waals surface area (Å²) in [6.45, 7) is 9.87. The quantitative estimate of drug-likeness (QED) is 0.597. The molecule has 1 aliphatic heterocycles. The van der Waals surface area contributed by atoms with E-state index in [1.807, 2.05) is 52.0 Å². The summed E-state index contributed by atoms with van der Waals surface area (Å²) in [6.07, 6.45) is 4.79. The molecule has 4 heterocycles. The maximum absolute atomic E-state index is 12.8. The number of hydrogen-bond donors (Lipinski definition) is 1. The highest BCUT2D eigenvalue weighted by Gasteiger charge is 2.26. The van der Waals surface area contributed by atoms with Gasteiger partial charge in [0.2, 0.25) is 0 Å². The van der Waals surface area contributed by atoms with Gasteiger partial charge in [-0.25, -0.2) is 14.8 Å². The highest BCUT2D eigenvalue weighted by atomic mass is 32.1. The van der Waals surface area contributed by atoms with Gasteiger partial charge < -0.3 is 19.9 Å². The van der Waals surface area contributed by atoms with Gasteiger partial charge in [0.05, 0.1) is 17.6 Å². The van der Waals surface area contributed by atoms with E-state index in [-0.39, 0.29) is 12.0 Å². The molecule has 34 heavy (non-hydrogen) atoms. The molecule has 1 aliphatic rings. The standard InChI is InChI=1S/C24H28N6O3S/c1-16-20(34-22(27-16)17-6-5-9-25-14-17)21(31)28-18-7-8-19(26-15-18)29-10-12-30(13-11-29)23(32)33-24(2,3)4/h5-9,14-15H,10-13H2,1-4H3,(H,28,31). The molecule has 4 rings (SSSR count). The lowest BCUT2D eigenvalue weighted by atomic mass is 10.2. The minimum Gasteiger partial charge on any atom is -0.444 e. The van der Waals surface area contributed by atoms with Crippen LogP contribution in [0.1, 0.15) is 36.1 Å². The van der Waals surface area contributed by atoms with Crippen molar-refractivity contribution in [1.82, 2.24) is 19.9 Å². The SMILES string of the molecule is Cc1nc(-c2cccnc2)sc1C(=O)Nc1ccc(N2CCN(C(=O)OC(C)(C)C)CC2)nc1. The second kappa shape index (κ2) is 9.76. The van der Waals surface area contributed by atoms with E-state index in [1.54, 1.807) is 23.5 Å². The van der Waals surface area contributed by atoms with E-state index in [1.165, 1.54) is 11.3 Å². The molecule has 0 aliphatic carbocycles. The Balaban J connectivity index is 1.34. The average Bonchev–Trinajstić information content (AvgIpc) is 3.21. The van der Waals surface area contributed by atoms with Crippen molar-refractivity contribution in [2.24, 2.45) is 0 Å². The third-order valence-corrected chi connectivity index (χ3v) is 6.38. The number of anilines is 2. The molecule has 0 saturated carbocycles. The Labute approximate surface area is 202 Å². The molecule has 3 aromatic heterocycles. The zero-order chi connectivity index (χ0) is 24.3. The van der Waals surface area contributed by atoms with Crippen LogP contribution in [0.25, 0.3) is 10.6 Å². The predicted octanol–water partition coefficient (Wildman–Crippen LogP) is 4.22. The van der Waals surface area contributed by atoms with Crippen LogP contribution in [0, 0.1) is 6.92 Å². The Bertz CT molecular complexity index is 1150. The molecule has 0 bridgehead atoms. The second-order valence-corrected chi connectivity index (χ2v) is 9.99. The predicted molar refractivity (Wildman–Crippen MR) is 132 cm³/mol. The van der Waals surface area contributed by atoms with Crippen molar-refractivity contribution >= 4 is 34.8 Å². The van der Waals surface area contributed by atoms with E-state index in [0.29, 0.717) is 42.4 Å². The Morgan fingerprint density at radius 1 is 1.09 bits per heavy atom. The van der Waals surface area contributed by atoms with Gasteiger partial charge in [-0.05, 0) is 52.0 Å². The Morgan fingerprint density at radius 3 is 2.47 bits per heavy atom. The van der Waals surface area contributed by atoms with E-state index >= 15 is 0 Å². The number of pyridine rings is 2. The van der Waals surface area contributed by atoms with Gasteiger partial charge in [-0.1, -0.05) is 0 Å². The van der Waals surface area contributed by atoms with Crippen LogP contribution < -0.4 is 10.2 Å². The van der Waals surface area contributed by atoms with E-state index in [2.05, 4.69) is 25.2 Å². The van der Waals surface area contributed by atoms with Crippen molar-refractivity contribution in [3.8, 4) is 10.6 Å². The van der Waals surface area contributed by atoms with Crippen LogP contribution in [0.3, 0.4) is 0 Å². The number of aromatic nitrogens is 3. The van der Waals surface area contributed by atoms with Gasteiger partial charge in [0.25, 0.3) is 5.91 Å². The number of nitrogens with one attached hydrogen (secondary N) is 1. The van der Waals surface area contributed by atoms with E-state index in [9.17, 15) is 9.59 Å². The number of amides is 2. The third-order valence-electron chi connectivity index (χ3n) is 5.17. The Hall–Kier alpha value is -3.53. The molecule has 0 radical (unpaired) electrons. The van der Waals surface area contributed by atoms with E-state index in [4.69, 9.17) is 4.74 Å². The highest BCUT2D eigenvalue weighted by Crippen LogP contribution is 2.28. The maximum atomic E-state index is 12.8. The fraction of sp³-hybridized carbons (Fsp3) is 0.375. The first-order valence-corrected chi connectivity index (χ1v) is 11.9. The first-order chi connectivity index (χ1) is 16.2. The minimum atomic E-state index is -0.506. The molecule has 178 valence electrons. The molecular formula is C24H28N6O3S. The number of carbonyl (C=O) groups is 2. The van der Waals surface area contributed by atoms with Crippen molar-refractivity contribution in [3.63, 3.8) is 0 Å². The molecule has 10 heteroatoms. The first-order valence-electron chi connectivity index (χ1n) is 11.1. The van der Waals surface area contributed by atoms with Crippen molar-refractivity contribution in [3.05, 3.63) is 53.4 Å². The fourth-order valence-corrected chi connectivity index (χ4v) is 4.45. The molecule has 1 fully saturated rings. The first kappa shape index (κ1) is 23.6. The van der Waals surface area contributed by atoms with Crippen LogP contribution >= 0.6 is 11.3 Å². The summed E-state index contributed by atoms with van der Waals surface area (Å²) in [7, 11) is 0. The largest absolute Gasteiger partial charge is 0.444 e. The number of hydrogen-bond acceptors (Lipinski definition) is 8. The topological polar surface area (TPSA) is 101 Å². The maximum Gasteiger partial charge on any atom is 0.410 e. The number of rotatable bonds is 4. The summed E-state index contributed by atoms with van der Waals surface area (Å²) in [4.78, 5) is 42.6. The molecule has 0 unspecified atom stereocenters. The summed E-state index contributed by atoms with van der Waals surface area (Å²) in [5.41, 5.74) is 1.66. The normalized spacial score (nSPS) is 14.1. The Kier molecular flexibility index (Phi) is 6.78. The fourth-order valence-electron chi connectivity index (χ4n) is 3.50. The summed E-state index contributed by atoms with van der Waals surface area (Å²) in [5.74, 6) is 0.584. The molecule has 0 atom stereocenters. The third kappa shape index (κ3) is 5.69. The lowest BCUT2D eigenvalue weighted by Crippen LogP contribution is -2.50. The minimum absolute atomic E-state index is 0.217. The lowest BCUT2D eigenvalue weighted by molar-refractivity contribution is 0.0240. The summed E-state index contributed by atoms with van der Waals surface area (Å²) >= 11 is 1.34.